The van der Waals surface area contributed by atoms with Crippen molar-refractivity contribution in [3.05, 3.63) is 39.6 Å². The minimum atomic E-state index is -0.913. The molecule has 0 bridgehead atoms. The van der Waals surface area contributed by atoms with Crippen molar-refractivity contribution in [2.24, 2.45) is 7.05 Å². The third kappa shape index (κ3) is 1.92. The van der Waals surface area contributed by atoms with Crippen LogP contribution in [0.15, 0.2) is 16.9 Å². The Labute approximate surface area is 102 Å². The van der Waals surface area contributed by atoms with Crippen molar-refractivity contribution in [3.63, 3.8) is 0 Å². The van der Waals surface area contributed by atoms with Gasteiger partial charge in [-0.1, -0.05) is 0 Å². The van der Waals surface area contributed by atoms with E-state index in [9.17, 15) is 14.3 Å². The summed E-state index contributed by atoms with van der Waals surface area (Å²) in [5.74, 6) is -0.438. The molecule has 0 aliphatic carbocycles. The van der Waals surface area contributed by atoms with Gasteiger partial charge in [0, 0.05) is 12.6 Å². The molecule has 0 fully saturated rings. The average molecular weight is 252 g/mol. The topological polar surface area (TPSA) is 72.9 Å². The van der Waals surface area contributed by atoms with Crippen LogP contribution in [0.5, 0.6) is 0 Å². The fraction of sp³-hybridized carbons (Fsp3) is 0.364. The van der Waals surface area contributed by atoms with E-state index in [1.54, 1.807) is 6.92 Å². The molecule has 0 aliphatic rings. The van der Waals surface area contributed by atoms with E-state index < -0.39 is 17.6 Å². The van der Waals surface area contributed by atoms with Crippen LogP contribution in [0.25, 0.3) is 5.69 Å². The molecule has 0 saturated heterocycles. The number of aliphatic hydroxyl groups excluding tert-OH is 1. The molecule has 18 heavy (non-hydrogen) atoms. The molecule has 1 aromatic heterocycles. The van der Waals surface area contributed by atoms with Crippen molar-refractivity contribution in [1.82, 2.24) is 19.8 Å². The van der Waals surface area contributed by atoms with E-state index in [1.807, 2.05) is 0 Å². The van der Waals surface area contributed by atoms with Crippen molar-refractivity contribution in [1.29, 1.82) is 0 Å². The molecule has 0 radical (unpaired) electrons. The molecule has 0 aliphatic heterocycles. The molecule has 0 amide bonds. The largest absolute Gasteiger partial charge is 0.389 e. The lowest BCUT2D eigenvalue weighted by Crippen LogP contribution is -2.23. The summed E-state index contributed by atoms with van der Waals surface area (Å²) in [5, 5.41) is 16.9. The van der Waals surface area contributed by atoms with Gasteiger partial charge in [0.15, 0.2) is 0 Å². The normalized spacial score (nSPS) is 12.7. The molecule has 7 heteroatoms. The van der Waals surface area contributed by atoms with Gasteiger partial charge in [0.05, 0.1) is 11.8 Å². The Kier molecular flexibility index (Phi) is 3.00. The Morgan fingerprint density at radius 1 is 1.39 bits per heavy atom. The Balaban J connectivity index is 2.74. The van der Waals surface area contributed by atoms with Crippen LogP contribution in [0.3, 0.4) is 0 Å². The predicted molar refractivity (Wildman–Crippen MR) is 61.9 cm³/mol. The highest BCUT2D eigenvalue weighted by molar-refractivity contribution is 5.44. The van der Waals surface area contributed by atoms with Crippen LogP contribution in [-0.4, -0.2) is 24.9 Å². The first kappa shape index (κ1) is 12.4. The zero-order chi connectivity index (χ0) is 13.4. The van der Waals surface area contributed by atoms with Crippen LogP contribution in [0.1, 0.15) is 24.2 Å². The van der Waals surface area contributed by atoms with Gasteiger partial charge in [-0.25, -0.2) is 9.18 Å². The van der Waals surface area contributed by atoms with Gasteiger partial charge in [0.2, 0.25) is 0 Å². The molecule has 1 atom stereocenters. The summed E-state index contributed by atoms with van der Waals surface area (Å²) in [6.45, 7) is 3.07. The summed E-state index contributed by atoms with van der Waals surface area (Å²) >= 11 is 0. The van der Waals surface area contributed by atoms with Crippen LogP contribution in [0.4, 0.5) is 4.39 Å². The molecule has 1 heterocycles. The van der Waals surface area contributed by atoms with E-state index in [1.165, 1.54) is 26.1 Å². The van der Waals surface area contributed by atoms with Gasteiger partial charge in [-0.2, -0.15) is 9.36 Å². The maximum atomic E-state index is 13.5. The number of aryl methyl sites for hydroxylation is 2. The van der Waals surface area contributed by atoms with E-state index in [4.69, 9.17) is 0 Å². The molecular formula is C11H13FN4O2. The number of hydrogen-bond acceptors (Lipinski definition) is 4. The van der Waals surface area contributed by atoms with Crippen molar-refractivity contribution in [2.45, 2.75) is 20.0 Å². The Bertz CT molecular complexity index is 645. The zero-order valence-electron chi connectivity index (χ0n) is 10.3. The summed E-state index contributed by atoms with van der Waals surface area (Å²) in [5.41, 5.74) is 0.539. The number of tetrazole rings is 1. The van der Waals surface area contributed by atoms with Crippen LogP contribution in [0.2, 0.25) is 0 Å². The summed E-state index contributed by atoms with van der Waals surface area (Å²) in [6, 6.07) is 2.67. The maximum absolute atomic E-state index is 13.5. The van der Waals surface area contributed by atoms with E-state index >= 15 is 0 Å². The predicted octanol–water partition coefficient (Wildman–Crippen LogP) is 0.467. The van der Waals surface area contributed by atoms with Crippen LogP contribution in [0, 0.1) is 12.7 Å². The highest BCUT2D eigenvalue weighted by Gasteiger charge is 2.16. The van der Waals surface area contributed by atoms with Gasteiger partial charge in [-0.05, 0) is 42.0 Å². The SMILES string of the molecule is Cc1cc(-n2nnn(C)c2=O)c(C(C)O)cc1F. The second-order valence-electron chi connectivity index (χ2n) is 4.13. The Morgan fingerprint density at radius 2 is 2.06 bits per heavy atom. The molecule has 1 N–H and O–H groups in total. The minimum absolute atomic E-state index is 0.292. The number of benzene rings is 1. The smallest absolute Gasteiger partial charge is 0.368 e. The second-order valence-corrected chi connectivity index (χ2v) is 4.13. The molecular weight excluding hydrogens is 239 g/mol. The lowest BCUT2D eigenvalue weighted by atomic mass is 10.1. The fourth-order valence-electron chi connectivity index (χ4n) is 1.66. The molecule has 0 spiro atoms. The van der Waals surface area contributed by atoms with Crippen LogP contribution in [-0.2, 0) is 7.05 Å². The first-order valence-electron chi connectivity index (χ1n) is 5.39. The highest BCUT2D eigenvalue weighted by atomic mass is 19.1. The van der Waals surface area contributed by atoms with E-state index in [0.29, 0.717) is 16.8 Å². The summed E-state index contributed by atoms with van der Waals surface area (Å²) in [6.07, 6.45) is -0.913. The van der Waals surface area contributed by atoms with Crippen LogP contribution >= 0.6 is 0 Å². The number of halogens is 1. The average Bonchev–Trinajstić information content (AvgIpc) is 2.63. The lowest BCUT2D eigenvalue weighted by molar-refractivity contribution is 0.198. The third-order valence-corrected chi connectivity index (χ3v) is 2.71. The number of aromatic nitrogens is 4. The molecule has 1 unspecified atom stereocenters. The fourth-order valence-corrected chi connectivity index (χ4v) is 1.66. The standard InChI is InChI=1S/C11H13FN4O2/c1-6-4-10(8(7(2)17)5-9(6)12)16-11(18)15(3)13-14-16/h4-5,7,17H,1-3H3. The molecule has 0 saturated carbocycles. The molecule has 1 aromatic carbocycles. The number of rotatable bonds is 2. The van der Waals surface area contributed by atoms with Gasteiger partial charge in [-0.15, -0.1) is 0 Å². The third-order valence-electron chi connectivity index (χ3n) is 2.71. The van der Waals surface area contributed by atoms with Crippen molar-refractivity contribution < 1.29 is 9.50 Å². The quantitative estimate of drug-likeness (QED) is 0.843. The van der Waals surface area contributed by atoms with Crippen LogP contribution < -0.4 is 5.69 Å². The number of nitrogens with zero attached hydrogens (tertiary/aromatic N) is 4. The Morgan fingerprint density at radius 3 is 2.56 bits per heavy atom. The zero-order valence-corrected chi connectivity index (χ0v) is 10.3. The lowest BCUT2D eigenvalue weighted by Gasteiger charge is -2.12. The highest BCUT2D eigenvalue weighted by Crippen LogP contribution is 2.23. The molecule has 6 nitrogen and oxygen atoms in total. The first-order chi connectivity index (χ1) is 8.41. The van der Waals surface area contributed by atoms with Gasteiger partial charge < -0.3 is 5.11 Å². The van der Waals surface area contributed by atoms with Gasteiger partial charge >= 0.3 is 5.69 Å². The van der Waals surface area contributed by atoms with Crippen molar-refractivity contribution in [2.75, 3.05) is 0 Å². The van der Waals surface area contributed by atoms with E-state index in [2.05, 4.69) is 10.4 Å². The van der Waals surface area contributed by atoms with E-state index in [-0.39, 0.29) is 0 Å². The summed E-state index contributed by atoms with van der Waals surface area (Å²) < 4.78 is 15.6. The Hall–Kier alpha value is -2.02. The minimum Gasteiger partial charge on any atom is -0.389 e. The van der Waals surface area contributed by atoms with Crippen molar-refractivity contribution >= 4 is 0 Å². The van der Waals surface area contributed by atoms with Crippen molar-refractivity contribution in [3.8, 4) is 5.69 Å². The maximum Gasteiger partial charge on any atom is 0.368 e. The van der Waals surface area contributed by atoms with Gasteiger partial charge in [-0.3, -0.25) is 0 Å². The summed E-state index contributed by atoms with van der Waals surface area (Å²) in [4.78, 5) is 11.8. The van der Waals surface area contributed by atoms with E-state index in [0.717, 1.165) is 9.36 Å². The van der Waals surface area contributed by atoms with Gasteiger partial charge in [0.25, 0.3) is 0 Å². The second kappa shape index (κ2) is 4.34. The molecule has 2 aromatic rings. The molecule has 2 rings (SSSR count). The number of hydrogen-bond donors (Lipinski definition) is 1. The summed E-state index contributed by atoms with van der Waals surface area (Å²) in [7, 11) is 1.46. The molecule has 96 valence electrons. The first-order valence-corrected chi connectivity index (χ1v) is 5.39. The number of aliphatic hydroxyl groups is 1. The monoisotopic (exact) mass is 252 g/mol. The van der Waals surface area contributed by atoms with Gasteiger partial charge in [0.1, 0.15) is 5.82 Å².